The van der Waals surface area contributed by atoms with E-state index in [9.17, 15) is 0 Å². The monoisotopic (exact) mass is 274 g/mol. The Kier molecular flexibility index (Phi) is 5.26. The molecule has 1 aromatic carbocycles. The molecule has 1 saturated carbocycles. The Morgan fingerprint density at radius 2 is 1.65 bits per heavy atom. The van der Waals surface area contributed by atoms with Crippen molar-refractivity contribution in [3.63, 3.8) is 0 Å². The van der Waals surface area contributed by atoms with E-state index in [-0.39, 0.29) is 24.8 Å². The van der Waals surface area contributed by atoms with Crippen LogP contribution in [0, 0.1) is 11.8 Å². The first-order chi connectivity index (χ1) is 7.33. The van der Waals surface area contributed by atoms with E-state index in [0.717, 1.165) is 18.4 Å². The largest absolute Gasteiger partial charge is 0.327 e. The van der Waals surface area contributed by atoms with Crippen LogP contribution in [-0.2, 0) is 6.54 Å². The topological polar surface area (TPSA) is 29.3 Å². The van der Waals surface area contributed by atoms with E-state index in [2.05, 4.69) is 35.2 Å². The maximum atomic E-state index is 6.06. The summed E-state index contributed by atoms with van der Waals surface area (Å²) < 4.78 is 0. The lowest BCUT2D eigenvalue weighted by molar-refractivity contribution is -0.00139. The summed E-state index contributed by atoms with van der Waals surface area (Å²) in [6.07, 6.45) is 1.37. The minimum Gasteiger partial charge on any atom is -0.327 e. The van der Waals surface area contributed by atoms with Gasteiger partial charge < -0.3 is 5.73 Å². The van der Waals surface area contributed by atoms with Crippen molar-refractivity contribution < 1.29 is 0 Å². The molecule has 3 aliphatic rings. The van der Waals surface area contributed by atoms with Gasteiger partial charge in [0.15, 0.2) is 0 Å². The SMILES string of the molecule is Cl.Cl.NC1C2CC1CN(Cc1ccccc1)C2. The lowest BCUT2D eigenvalue weighted by Gasteiger charge is -2.52. The van der Waals surface area contributed by atoms with E-state index in [1.54, 1.807) is 0 Å². The van der Waals surface area contributed by atoms with Gasteiger partial charge in [0.2, 0.25) is 0 Å². The van der Waals surface area contributed by atoms with Gasteiger partial charge in [-0.25, -0.2) is 0 Å². The van der Waals surface area contributed by atoms with Crippen LogP contribution in [0.1, 0.15) is 12.0 Å². The van der Waals surface area contributed by atoms with Gasteiger partial charge in [0.05, 0.1) is 0 Å². The number of hydrogen-bond donors (Lipinski definition) is 1. The molecule has 3 fully saturated rings. The first-order valence-electron chi connectivity index (χ1n) is 5.85. The standard InChI is InChI=1S/C13H18N2.2ClH/c14-13-11-6-12(13)9-15(8-11)7-10-4-2-1-3-5-10;;/h1-5,11-13H,6-9,14H2;2*1H. The summed E-state index contributed by atoms with van der Waals surface area (Å²) in [5.41, 5.74) is 7.48. The number of nitrogens with zero attached hydrogens (tertiary/aromatic N) is 1. The molecule has 2 heterocycles. The van der Waals surface area contributed by atoms with Gasteiger partial charge in [0, 0.05) is 25.7 Å². The average molecular weight is 275 g/mol. The Labute approximate surface area is 115 Å². The minimum absolute atomic E-state index is 0. The number of rotatable bonds is 2. The van der Waals surface area contributed by atoms with Gasteiger partial charge in [-0.05, 0) is 23.8 Å². The molecule has 0 radical (unpaired) electrons. The van der Waals surface area contributed by atoms with Crippen molar-refractivity contribution in [3.8, 4) is 0 Å². The number of piperidine rings is 2. The van der Waals surface area contributed by atoms with Gasteiger partial charge in [0.25, 0.3) is 0 Å². The Balaban J connectivity index is 0.000000722. The van der Waals surface area contributed by atoms with Gasteiger partial charge in [-0.15, -0.1) is 24.8 Å². The highest BCUT2D eigenvalue weighted by atomic mass is 35.5. The van der Waals surface area contributed by atoms with Crippen molar-refractivity contribution in [1.29, 1.82) is 0 Å². The molecule has 96 valence electrons. The van der Waals surface area contributed by atoms with Crippen LogP contribution in [-0.4, -0.2) is 24.0 Å². The zero-order chi connectivity index (χ0) is 10.3. The fraction of sp³-hybridized carbons (Fsp3) is 0.538. The average Bonchev–Trinajstić information content (AvgIpc) is 2.30. The maximum absolute atomic E-state index is 6.06. The molecular weight excluding hydrogens is 255 g/mol. The second-order valence-electron chi connectivity index (χ2n) is 5.01. The van der Waals surface area contributed by atoms with Crippen LogP contribution in [0.2, 0.25) is 0 Å². The van der Waals surface area contributed by atoms with Crippen LogP contribution in [0.3, 0.4) is 0 Å². The molecule has 2 nitrogen and oxygen atoms in total. The molecule has 1 aliphatic carbocycles. The lowest BCUT2D eigenvalue weighted by Crippen LogP contribution is -2.61. The number of fused-ring (bicyclic) bond motifs is 2. The number of nitrogens with two attached hydrogens (primary N) is 1. The highest BCUT2D eigenvalue weighted by Gasteiger charge is 2.44. The molecule has 0 aromatic heterocycles. The van der Waals surface area contributed by atoms with E-state index in [1.165, 1.54) is 25.1 Å². The first-order valence-corrected chi connectivity index (χ1v) is 5.85. The first kappa shape index (κ1) is 14.8. The molecule has 2 N–H and O–H groups in total. The van der Waals surface area contributed by atoms with Crippen LogP contribution in [0.4, 0.5) is 0 Å². The summed E-state index contributed by atoms with van der Waals surface area (Å²) in [5, 5.41) is 0. The zero-order valence-corrected chi connectivity index (χ0v) is 11.4. The molecule has 0 amide bonds. The molecule has 1 aromatic rings. The van der Waals surface area contributed by atoms with Gasteiger partial charge in [-0.3, -0.25) is 4.90 Å². The fourth-order valence-electron chi connectivity index (χ4n) is 2.99. The van der Waals surface area contributed by atoms with E-state index in [1.807, 2.05) is 0 Å². The predicted octanol–water partition coefficient (Wildman–Crippen LogP) is 2.31. The van der Waals surface area contributed by atoms with Crippen molar-refractivity contribution in [2.75, 3.05) is 13.1 Å². The second-order valence-corrected chi connectivity index (χ2v) is 5.01. The molecule has 4 heteroatoms. The molecule has 0 spiro atoms. The summed E-state index contributed by atoms with van der Waals surface area (Å²) in [4.78, 5) is 2.55. The van der Waals surface area contributed by atoms with Crippen molar-refractivity contribution in [2.24, 2.45) is 17.6 Å². The minimum atomic E-state index is 0. The molecule has 2 saturated heterocycles. The van der Waals surface area contributed by atoms with Crippen molar-refractivity contribution in [2.45, 2.75) is 19.0 Å². The summed E-state index contributed by atoms with van der Waals surface area (Å²) in [6.45, 7) is 3.50. The van der Waals surface area contributed by atoms with Crippen molar-refractivity contribution in [1.82, 2.24) is 4.90 Å². The van der Waals surface area contributed by atoms with E-state index >= 15 is 0 Å². The summed E-state index contributed by atoms with van der Waals surface area (Å²) in [7, 11) is 0. The molecule has 2 unspecified atom stereocenters. The third-order valence-corrected chi connectivity index (χ3v) is 3.93. The third kappa shape index (κ3) is 2.94. The predicted molar refractivity (Wildman–Crippen MR) is 75.8 cm³/mol. The van der Waals surface area contributed by atoms with Crippen LogP contribution in [0.15, 0.2) is 30.3 Å². The van der Waals surface area contributed by atoms with E-state index < -0.39 is 0 Å². The maximum Gasteiger partial charge on any atom is 0.0233 e. The Morgan fingerprint density at radius 3 is 2.18 bits per heavy atom. The molecule has 2 bridgehead atoms. The number of hydrogen-bond acceptors (Lipinski definition) is 2. The fourth-order valence-corrected chi connectivity index (χ4v) is 2.99. The van der Waals surface area contributed by atoms with E-state index in [0.29, 0.717) is 6.04 Å². The smallest absolute Gasteiger partial charge is 0.0233 e. The number of benzene rings is 1. The van der Waals surface area contributed by atoms with Gasteiger partial charge in [-0.2, -0.15) is 0 Å². The number of halogens is 2. The third-order valence-electron chi connectivity index (χ3n) is 3.93. The van der Waals surface area contributed by atoms with Crippen LogP contribution < -0.4 is 5.73 Å². The van der Waals surface area contributed by atoms with Crippen LogP contribution in [0.5, 0.6) is 0 Å². The van der Waals surface area contributed by atoms with Crippen LogP contribution in [0.25, 0.3) is 0 Å². The Hall–Kier alpha value is -0.280. The highest BCUT2D eigenvalue weighted by molar-refractivity contribution is 5.85. The summed E-state index contributed by atoms with van der Waals surface area (Å²) in [6, 6.07) is 11.2. The van der Waals surface area contributed by atoms with Crippen LogP contribution >= 0.6 is 24.8 Å². The molecular formula is C13H20Cl2N2. The molecule has 2 aliphatic heterocycles. The Bertz CT molecular complexity index is 333. The van der Waals surface area contributed by atoms with Gasteiger partial charge >= 0.3 is 0 Å². The van der Waals surface area contributed by atoms with Gasteiger partial charge in [0.1, 0.15) is 0 Å². The van der Waals surface area contributed by atoms with E-state index in [4.69, 9.17) is 5.73 Å². The molecule has 17 heavy (non-hydrogen) atoms. The Morgan fingerprint density at radius 1 is 1.06 bits per heavy atom. The summed E-state index contributed by atoms with van der Waals surface area (Å²) in [5.74, 6) is 1.54. The lowest BCUT2D eigenvalue weighted by atomic mass is 9.67. The normalized spacial score (nSPS) is 30.8. The highest BCUT2D eigenvalue weighted by Crippen LogP contribution is 2.38. The van der Waals surface area contributed by atoms with Crippen molar-refractivity contribution in [3.05, 3.63) is 35.9 Å². The van der Waals surface area contributed by atoms with Crippen molar-refractivity contribution >= 4 is 24.8 Å². The quantitative estimate of drug-likeness (QED) is 0.897. The summed E-state index contributed by atoms with van der Waals surface area (Å²) >= 11 is 0. The zero-order valence-electron chi connectivity index (χ0n) is 9.79. The molecule has 4 rings (SSSR count). The second kappa shape index (κ2) is 6.05. The molecule has 2 atom stereocenters. The van der Waals surface area contributed by atoms with Gasteiger partial charge in [-0.1, -0.05) is 30.3 Å².